The Labute approximate surface area is 184 Å². The van der Waals surface area contributed by atoms with Gasteiger partial charge in [0.05, 0.1) is 17.3 Å². The van der Waals surface area contributed by atoms with E-state index in [4.69, 9.17) is 4.74 Å². The summed E-state index contributed by atoms with van der Waals surface area (Å²) in [5.74, 6) is -1.61. The van der Waals surface area contributed by atoms with Crippen molar-refractivity contribution >= 4 is 28.5 Å². The van der Waals surface area contributed by atoms with Gasteiger partial charge in [-0.2, -0.15) is 13.2 Å². The van der Waals surface area contributed by atoms with E-state index in [1.54, 1.807) is 24.3 Å². The van der Waals surface area contributed by atoms with Gasteiger partial charge in [0.1, 0.15) is 22.7 Å². The number of aromatic amines is 1. The van der Waals surface area contributed by atoms with Gasteiger partial charge < -0.3 is 20.4 Å². The average Bonchev–Trinajstić information content (AvgIpc) is 3.24. The molecule has 3 heterocycles. The maximum absolute atomic E-state index is 13.0. The number of imidazole rings is 1. The van der Waals surface area contributed by atoms with Crippen LogP contribution in [0.2, 0.25) is 0 Å². The Balaban J connectivity index is 1.55. The Bertz CT molecular complexity index is 1350. The number of anilines is 1. The number of rotatable bonds is 5. The molecule has 0 fully saturated rings. The van der Waals surface area contributed by atoms with E-state index in [0.717, 1.165) is 12.4 Å². The summed E-state index contributed by atoms with van der Waals surface area (Å²) in [4.78, 5) is 37.8. The molecular weight excluding hydrogens is 441 g/mol. The normalized spacial score (nSPS) is 11.3. The minimum atomic E-state index is -4.69. The summed E-state index contributed by atoms with van der Waals surface area (Å²) in [6, 6.07) is 9.33. The van der Waals surface area contributed by atoms with E-state index in [1.165, 1.54) is 25.4 Å². The van der Waals surface area contributed by atoms with E-state index < -0.39 is 17.9 Å². The number of nitrogens with zero attached hydrogens (tertiary/aromatic N) is 3. The van der Waals surface area contributed by atoms with Gasteiger partial charge in [-0.25, -0.2) is 4.98 Å². The zero-order valence-electron chi connectivity index (χ0n) is 16.9. The van der Waals surface area contributed by atoms with Crippen molar-refractivity contribution in [1.82, 2.24) is 25.3 Å². The van der Waals surface area contributed by atoms with E-state index in [1.807, 2.05) is 0 Å². The van der Waals surface area contributed by atoms with E-state index in [2.05, 4.69) is 30.6 Å². The largest absolute Gasteiger partial charge is 0.457 e. The molecule has 3 N–H and O–H groups in total. The van der Waals surface area contributed by atoms with Crippen molar-refractivity contribution in [3.05, 3.63) is 72.1 Å². The number of hydrogen-bond acceptors (Lipinski definition) is 6. The van der Waals surface area contributed by atoms with Crippen molar-refractivity contribution in [3.63, 3.8) is 0 Å². The molecule has 0 spiro atoms. The lowest BCUT2D eigenvalue weighted by molar-refractivity contribution is -0.144. The predicted molar refractivity (Wildman–Crippen MR) is 111 cm³/mol. The van der Waals surface area contributed by atoms with Crippen molar-refractivity contribution in [2.75, 3.05) is 12.4 Å². The average molecular weight is 456 g/mol. The summed E-state index contributed by atoms with van der Waals surface area (Å²) in [5.41, 5.74) is 0.186. The zero-order chi connectivity index (χ0) is 23.6. The van der Waals surface area contributed by atoms with Crippen LogP contribution in [0.4, 0.5) is 18.9 Å². The van der Waals surface area contributed by atoms with Crippen LogP contribution in [-0.2, 0) is 6.18 Å². The van der Waals surface area contributed by atoms with Crippen LogP contribution in [0.3, 0.4) is 0 Å². The quantitative estimate of drug-likeness (QED) is 0.420. The second-order valence-electron chi connectivity index (χ2n) is 6.71. The number of nitrogens with one attached hydrogen (secondary N) is 3. The minimum absolute atomic E-state index is 0.0170. The third-order valence-corrected chi connectivity index (χ3v) is 4.43. The molecule has 0 aliphatic rings. The van der Waals surface area contributed by atoms with Gasteiger partial charge in [0.15, 0.2) is 0 Å². The Morgan fingerprint density at radius 1 is 1.06 bits per heavy atom. The number of benzene rings is 1. The van der Waals surface area contributed by atoms with Crippen molar-refractivity contribution < 1.29 is 27.5 Å². The lowest BCUT2D eigenvalue weighted by Gasteiger charge is -2.10. The summed E-state index contributed by atoms with van der Waals surface area (Å²) in [6.07, 6.45) is -0.984. The molecule has 0 aliphatic carbocycles. The molecule has 0 saturated heterocycles. The summed E-state index contributed by atoms with van der Waals surface area (Å²) in [6.45, 7) is 0. The van der Waals surface area contributed by atoms with Crippen LogP contribution in [0.1, 0.15) is 26.7 Å². The van der Waals surface area contributed by atoms with Crippen LogP contribution in [-0.4, -0.2) is 38.8 Å². The molecule has 0 saturated carbocycles. The number of amides is 2. The van der Waals surface area contributed by atoms with Gasteiger partial charge in [0.25, 0.3) is 11.8 Å². The van der Waals surface area contributed by atoms with E-state index in [0.29, 0.717) is 17.2 Å². The fraction of sp³-hybridized carbons (Fsp3) is 0.0952. The first kappa shape index (κ1) is 21.7. The van der Waals surface area contributed by atoms with Gasteiger partial charge in [0, 0.05) is 37.3 Å². The van der Waals surface area contributed by atoms with Gasteiger partial charge in [0.2, 0.25) is 5.82 Å². The van der Waals surface area contributed by atoms with Gasteiger partial charge in [-0.3, -0.25) is 19.6 Å². The van der Waals surface area contributed by atoms with Gasteiger partial charge in [-0.05, 0) is 18.2 Å². The van der Waals surface area contributed by atoms with Crippen LogP contribution in [0, 0.1) is 0 Å². The van der Waals surface area contributed by atoms with Gasteiger partial charge in [-0.15, -0.1) is 0 Å². The summed E-state index contributed by atoms with van der Waals surface area (Å²) >= 11 is 0. The Kier molecular flexibility index (Phi) is 5.65. The van der Waals surface area contributed by atoms with E-state index in [-0.39, 0.29) is 28.2 Å². The molecule has 1 aromatic carbocycles. The third kappa shape index (κ3) is 4.74. The highest BCUT2D eigenvalue weighted by molar-refractivity contribution is 6.11. The lowest BCUT2D eigenvalue weighted by Crippen LogP contribution is -2.18. The van der Waals surface area contributed by atoms with Gasteiger partial charge in [-0.1, -0.05) is 6.07 Å². The first-order valence-corrected chi connectivity index (χ1v) is 9.43. The number of fused-ring (bicyclic) bond motifs is 1. The van der Waals surface area contributed by atoms with Crippen molar-refractivity contribution in [1.29, 1.82) is 0 Å². The van der Waals surface area contributed by atoms with E-state index in [9.17, 15) is 22.8 Å². The molecule has 0 atom stereocenters. The molecule has 33 heavy (non-hydrogen) atoms. The highest BCUT2D eigenvalue weighted by Gasteiger charge is 2.35. The minimum Gasteiger partial charge on any atom is -0.457 e. The first-order chi connectivity index (χ1) is 15.7. The molecule has 0 bridgehead atoms. The summed E-state index contributed by atoms with van der Waals surface area (Å²) < 4.78 is 44.6. The first-order valence-electron chi connectivity index (χ1n) is 9.43. The molecule has 2 amide bonds. The van der Waals surface area contributed by atoms with Crippen molar-refractivity contribution in [2.45, 2.75) is 6.18 Å². The highest BCUT2D eigenvalue weighted by atomic mass is 19.4. The van der Waals surface area contributed by atoms with Crippen LogP contribution in [0.5, 0.6) is 11.5 Å². The maximum atomic E-state index is 13.0. The van der Waals surface area contributed by atoms with Gasteiger partial charge >= 0.3 is 6.18 Å². The molecule has 3 aromatic heterocycles. The number of carbonyl (C=O) groups excluding carboxylic acids is 2. The predicted octanol–water partition coefficient (Wildman–Crippen LogP) is 3.78. The fourth-order valence-corrected chi connectivity index (χ4v) is 2.93. The molecule has 0 radical (unpaired) electrons. The molecule has 0 unspecified atom stereocenters. The zero-order valence-corrected chi connectivity index (χ0v) is 16.9. The Morgan fingerprint density at radius 2 is 1.85 bits per heavy atom. The smallest absolute Gasteiger partial charge is 0.449 e. The number of H-pyrrole nitrogens is 1. The molecule has 4 aromatic rings. The van der Waals surface area contributed by atoms with Crippen LogP contribution in [0.25, 0.3) is 11.0 Å². The lowest BCUT2D eigenvalue weighted by atomic mass is 10.2. The third-order valence-electron chi connectivity index (χ3n) is 4.43. The topological polar surface area (TPSA) is 122 Å². The standard InChI is InChI=1S/C21H15F3N6O3/c1-25-19(32)15-8-13(5-6-27-15)33-12-4-2-3-11(7-12)28-18(31)14-9-26-10-16-17(14)30-20(29-16)21(22,23)24/h2-10H,1H3,(H,25,32)(H,28,31)(H,29,30). The monoisotopic (exact) mass is 456 g/mol. The van der Waals surface area contributed by atoms with E-state index >= 15 is 0 Å². The number of alkyl halides is 3. The number of carbonyl (C=O) groups is 2. The number of hydrogen-bond donors (Lipinski definition) is 3. The second kappa shape index (κ2) is 8.57. The molecule has 12 heteroatoms. The SMILES string of the molecule is CNC(=O)c1cc(Oc2cccc(NC(=O)c3cncc4[nH]c(C(F)(F)F)nc34)c2)ccn1. The Hall–Kier alpha value is -4.48. The fourth-order valence-electron chi connectivity index (χ4n) is 2.93. The van der Waals surface area contributed by atoms with Crippen molar-refractivity contribution in [2.24, 2.45) is 0 Å². The number of pyridine rings is 2. The second-order valence-corrected chi connectivity index (χ2v) is 6.71. The van der Waals surface area contributed by atoms with Crippen LogP contribution >= 0.6 is 0 Å². The summed E-state index contributed by atoms with van der Waals surface area (Å²) in [5, 5.41) is 5.05. The number of ether oxygens (including phenoxy) is 1. The number of halogens is 3. The van der Waals surface area contributed by atoms with Crippen LogP contribution in [0.15, 0.2) is 55.0 Å². The summed E-state index contributed by atoms with van der Waals surface area (Å²) in [7, 11) is 1.48. The molecule has 9 nitrogen and oxygen atoms in total. The highest BCUT2D eigenvalue weighted by Crippen LogP contribution is 2.30. The van der Waals surface area contributed by atoms with Crippen LogP contribution < -0.4 is 15.4 Å². The Morgan fingerprint density at radius 3 is 2.61 bits per heavy atom. The molecule has 4 rings (SSSR count). The molecular formula is C21H15F3N6O3. The number of aromatic nitrogens is 4. The molecule has 168 valence electrons. The molecule has 0 aliphatic heterocycles. The maximum Gasteiger partial charge on any atom is 0.449 e. The van der Waals surface area contributed by atoms with Crippen molar-refractivity contribution in [3.8, 4) is 11.5 Å².